The molecule has 0 radical (unpaired) electrons. The summed E-state index contributed by atoms with van der Waals surface area (Å²) in [6, 6.07) is 63.4. The third-order valence-electron chi connectivity index (χ3n) is 12.9. The number of fused-ring (bicyclic) bond motifs is 6. The summed E-state index contributed by atoms with van der Waals surface area (Å²) in [6.45, 7) is 9.44. The van der Waals surface area contributed by atoms with Crippen LogP contribution in [0.25, 0.3) is 22.3 Å². The van der Waals surface area contributed by atoms with Crippen molar-refractivity contribution >= 4 is 68.7 Å². The van der Waals surface area contributed by atoms with Crippen LogP contribution in [0.4, 0.5) is 0 Å². The van der Waals surface area contributed by atoms with Gasteiger partial charge in [0.15, 0.2) is 0 Å². The molecule has 7 aromatic carbocycles. The molecule has 0 amide bonds. The van der Waals surface area contributed by atoms with Crippen LogP contribution in [0.5, 0.6) is 0 Å². The number of hydrogen-bond acceptors (Lipinski definition) is 0. The average Bonchev–Trinajstić information content (AvgIpc) is 3.72. The SMILES string of the molecule is C1=CCC([PH+](CC[PH+](c2ccccc2)c2ccccc2)c2ccccc2)C=C1.[Au+].[Au+].[C-]#Cc1cccc2c1[Si](C)(C)c1ccccc1-2.[C-]#Cc1cccc2c1[Si](C)(C)c1ccccc1-2. The van der Waals surface area contributed by atoms with Crippen LogP contribution >= 0.6 is 15.8 Å². The zero-order valence-electron chi connectivity index (χ0n) is 36.9. The van der Waals surface area contributed by atoms with Crippen molar-refractivity contribution in [2.24, 2.45) is 0 Å². The number of hydrogen-bond donors (Lipinski definition) is 0. The summed E-state index contributed by atoms with van der Waals surface area (Å²) < 4.78 is 0. The van der Waals surface area contributed by atoms with E-state index in [1.165, 1.54) is 72.4 Å². The standard InChI is InChI=1S/C26H26P2.2C16H13Si.2Au/c1-5-13-23(14-6-1)27(24-15-7-2-8-16-24)21-22-28(25-17-9-3-10-18-25)26-19-11-4-12-20-26;2*1-4-12-8-7-10-14-13-9-5-6-11-15(13)17(2,3)16(12)14;;/h1-19,26H,20-22H2;2*5-11H,2-3H3;;/q;2*-1;2*+1/p+2. The van der Waals surface area contributed by atoms with E-state index in [1.807, 2.05) is 24.3 Å². The Bertz CT molecular complexity index is 2660. The van der Waals surface area contributed by atoms with E-state index in [1.54, 1.807) is 5.30 Å². The topological polar surface area (TPSA) is 0 Å². The molecule has 2 unspecified atom stereocenters. The number of benzene rings is 7. The largest absolute Gasteiger partial charge is 1.00 e. The van der Waals surface area contributed by atoms with Gasteiger partial charge in [0.25, 0.3) is 0 Å². The molecule has 2 atom stereocenters. The van der Waals surface area contributed by atoms with Gasteiger partial charge in [-0.15, -0.1) is 33.6 Å². The first-order valence-electron chi connectivity index (χ1n) is 21.8. The van der Waals surface area contributed by atoms with E-state index in [-0.39, 0.29) is 44.8 Å². The number of allylic oxidation sites excluding steroid dienone is 4. The Kier molecular flexibility index (Phi) is 17.3. The molecule has 64 heavy (non-hydrogen) atoms. The Labute approximate surface area is 418 Å². The Morgan fingerprint density at radius 3 is 1.30 bits per heavy atom. The zero-order chi connectivity index (χ0) is 43.1. The van der Waals surface area contributed by atoms with E-state index in [0.717, 1.165) is 11.1 Å². The van der Waals surface area contributed by atoms with Crippen LogP contribution in [0.3, 0.4) is 0 Å². The van der Waals surface area contributed by atoms with Crippen LogP contribution in [-0.2, 0) is 44.8 Å². The second-order valence-electron chi connectivity index (χ2n) is 17.3. The molecule has 10 rings (SSSR count). The molecule has 0 aromatic heterocycles. The third-order valence-corrected chi connectivity index (χ3v) is 26.5. The maximum atomic E-state index is 7.47. The Balaban J connectivity index is 0.000000165. The first kappa shape index (κ1) is 49.4. The summed E-state index contributed by atoms with van der Waals surface area (Å²) >= 11 is 0. The predicted octanol–water partition coefficient (Wildman–Crippen LogP) is 10.1. The zero-order valence-corrected chi connectivity index (χ0v) is 45.2. The molecule has 2 heterocycles. The Morgan fingerprint density at radius 1 is 0.469 bits per heavy atom. The van der Waals surface area contributed by atoms with Gasteiger partial charge < -0.3 is 12.8 Å². The molecule has 1 aliphatic carbocycles. The van der Waals surface area contributed by atoms with Gasteiger partial charge in [0, 0.05) is 14.3 Å². The van der Waals surface area contributed by atoms with E-state index in [0.29, 0.717) is 5.66 Å². The maximum Gasteiger partial charge on any atom is 1.00 e. The van der Waals surface area contributed by atoms with Gasteiger partial charge in [-0.1, -0.05) is 172 Å². The van der Waals surface area contributed by atoms with Gasteiger partial charge in [0.1, 0.15) is 6.16 Å². The fraction of sp³-hybridized carbons (Fsp3) is 0.138. The van der Waals surface area contributed by atoms with Crippen molar-refractivity contribution in [3.8, 4) is 34.1 Å². The van der Waals surface area contributed by atoms with Crippen molar-refractivity contribution in [3.05, 3.63) is 224 Å². The first-order valence-corrected chi connectivity index (χ1v) is 31.3. The summed E-state index contributed by atoms with van der Waals surface area (Å²) in [5.74, 6) is 5.21. The summed E-state index contributed by atoms with van der Waals surface area (Å²) in [5, 5.41) is 10.4. The fourth-order valence-corrected chi connectivity index (χ4v) is 23.4. The monoisotopic (exact) mass is 1260 g/mol. The van der Waals surface area contributed by atoms with Gasteiger partial charge in [-0.3, -0.25) is 11.8 Å². The van der Waals surface area contributed by atoms with Gasteiger partial charge in [0.2, 0.25) is 0 Å². The molecule has 0 N–H and O–H groups in total. The molecule has 0 spiro atoms. The summed E-state index contributed by atoms with van der Waals surface area (Å²) in [4.78, 5) is 0. The minimum atomic E-state index is -1.63. The Hall–Kier alpha value is -4.09. The summed E-state index contributed by atoms with van der Waals surface area (Å²) in [5.41, 5.74) is 7.98. The van der Waals surface area contributed by atoms with Gasteiger partial charge in [-0.25, -0.2) is 0 Å². The molecular weight excluding hydrogens is 1210 g/mol. The molecule has 3 aliphatic rings. The van der Waals surface area contributed by atoms with E-state index in [2.05, 4.69) is 214 Å². The van der Waals surface area contributed by atoms with Crippen molar-refractivity contribution in [1.29, 1.82) is 0 Å². The van der Waals surface area contributed by atoms with Crippen LogP contribution in [0.2, 0.25) is 26.2 Å². The molecule has 0 saturated heterocycles. The minimum absolute atomic E-state index is 0. The first-order chi connectivity index (χ1) is 30.2. The predicted molar refractivity (Wildman–Crippen MR) is 281 cm³/mol. The molecule has 2 aliphatic heterocycles. The molecule has 0 saturated carbocycles. The van der Waals surface area contributed by atoms with E-state index < -0.39 is 32.0 Å². The van der Waals surface area contributed by atoms with Gasteiger partial charge in [-0.05, 0) is 75.1 Å². The molecule has 324 valence electrons. The van der Waals surface area contributed by atoms with Crippen LogP contribution in [0.1, 0.15) is 17.5 Å². The van der Waals surface area contributed by atoms with Gasteiger partial charge in [0.05, 0.1) is 51.8 Å². The van der Waals surface area contributed by atoms with Crippen LogP contribution in [-0.4, -0.2) is 34.1 Å². The summed E-state index contributed by atoms with van der Waals surface area (Å²) in [7, 11) is -4.66. The van der Waals surface area contributed by atoms with Crippen molar-refractivity contribution < 1.29 is 44.8 Å². The van der Waals surface area contributed by atoms with Crippen molar-refractivity contribution in [2.45, 2.75) is 38.3 Å². The van der Waals surface area contributed by atoms with E-state index >= 15 is 0 Å². The molecule has 0 nitrogen and oxygen atoms in total. The Morgan fingerprint density at radius 2 is 0.875 bits per heavy atom. The average molecular weight is 1260 g/mol. The van der Waals surface area contributed by atoms with Crippen molar-refractivity contribution in [3.63, 3.8) is 0 Å². The molecule has 0 fully saturated rings. The van der Waals surface area contributed by atoms with Crippen molar-refractivity contribution in [2.75, 3.05) is 12.3 Å². The van der Waals surface area contributed by atoms with Gasteiger partial charge in [-0.2, -0.15) is 0 Å². The fourth-order valence-electron chi connectivity index (χ4n) is 9.93. The smallest absolute Gasteiger partial charge is 0.366 e. The molecule has 0 bridgehead atoms. The quantitative estimate of drug-likeness (QED) is 0.0646. The van der Waals surface area contributed by atoms with Crippen molar-refractivity contribution in [1.82, 2.24) is 0 Å². The van der Waals surface area contributed by atoms with Crippen LogP contribution in [0.15, 0.2) is 200 Å². The summed E-state index contributed by atoms with van der Waals surface area (Å²) in [6.07, 6.45) is 28.0. The second-order valence-corrected chi connectivity index (χ2v) is 31.4. The van der Waals surface area contributed by atoms with Crippen LogP contribution < -0.4 is 36.7 Å². The van der Waals surface area contributed by atoms with Crippen LogP contribution in [0, 0.1) is 24.7 Å². The molecule has 7 aromatic rings. The maximum absolute atomic E-state index is 7.47. The third kappa shape index (κ3) is 10.3. The minimum Gasteiger partial charge on any atom is -0.366 e. The second kappa shape index (κ2) is 22.4. The molecular formula is C58H54Au2P2Si2+2. The van der Waals surface area contributed by atoms with Gasteiger partial charge >= 0.3 is 44.8 Å². The number of rotatable bonds is 7. The van der Waals surface area contributed by atoms with E-state index in [4.69, 9.17) is 12.8 Å². The van der Waals surface area contributed by atoms with E-state index in [9.17, 15) is 0 Å². The molecule has 6 heteroatoms. The normalized spacial score (nSPS) is 15.3.